The molecule has 1 N–H and O–H groups in total. The van der Waals surface area contributed by atoms with Crippen LogP contribution in [0, 0.1) is 5.95 Å². The van der Waals surface area contributed by atoms with Crippen LogP contribution in [0.1, 0.15) is 26.3 Å². The maximum absolute atomic E-state index is 12.9. The molecule has 0 unspecified atom stereocenters. The van der Waals surface area contributed by atoms with Gasteiger partial charge in [-0.1, -0.05) is 24.3 Å². The lowest BCUT2D eigenvalue weighted by Crippen LogP contribution is -2.43. The van der Waals surface area contributed by atoms with E-state index in [9.17, 15) is 18.8 Å². The molecular formula is C17H15FN2O4. The number of aldehydes is 1. The molecule has 124 valence electrons. The Kier molecular flexibility index (Phi) is 5.73. The third-order valence-corrected chi connectivity index (χ3v) is 3.35. The molecule has 1 aromatic heterocycles. The number of rotatable bonds is 6. The topological polar surface area (TPSA) is 85.4 Å². The predicted octanol–water partition coefficient (Wildman–Crippen LogP) is 1.55. The molecule has 2 aromatic rings. The number of hydrogen-bond acceptors (Lipinski definition) is 5. The van der Waals surface area contributed by atoms with E-state index in [2.05, 4.69) is 15.0 Å². The molecule has 0 fully saturated rings. The number of nitrogens with one attached hydrogen (secondary N) is 1. The first-order chi connectivity index (χ1) is 11.5. The SMILES string of the molecule is COC(=O)[C@H](Cc1ccc(F)nc1)NC(=O)c1ccccc1C=O. The van der Waals surface area contributed by atoms with Gasteiger partial charge in [0.15, 0.2) is 6.29 Å². The number of esters is 1. The summed E-state index contributed by atoms with van der Waals surface area (Å²) in [5, 5.41) is 2.53. The molecule has 1 heterocycles. The Bertz CT molecular complexity index is 747. The minimum atomic E-state index is -0.991. The lowest BCUT2D eigenvalue weighted by Gasteiger charge is -2.17. The molecule has 1 amide bonds. The van der Waals surface area contributed by atoms with E-state index in [0.717, 1.165) is 6.07 Å². The number of nitrogens with zero attached hydrogens (tertiary/aromatic N) is 1. The Labute approximate surface area is 137 Å². The Balaban J connectivity index is 2.19. The minimum Gasteiger partial charge on any atom is -0.467 e. The van der Waals surface area contributed by atoms with E-state index in [1.165, 1.54) is 31.5 Å². The van der Waals surface area contributed by atoms with E-state index < -0.39 is 23.9 Å². The van der Waals surface area contributed by atoms with Crippen LogP contribution in [0.4, 0.5) is 4.39 Å². The van der Waals surface area contributed by atoms with E-state index >= 15 is 0 Å². The van der Waals surface area contributed by atoms with Gasteiger partial charge < -0.3 is 10.1 Å². The number of ether oxygens (including phenoxy) is 1. The lowest BCUT2D eigenvalue weighted by atomic mass is 10.1. The van der Waals surface area contributed by atoms with E-state index in [0.29, 0.717) is 11.8 Å². The van der Waals surface area contributed by atoms with Crippen molar-refractivity contribution in [2.24, 2.45) is 0 Å². The zero-order valence-electron chi connectivity index (χ0n) is 12.9. The molecule has 0 bridgehead atoms. The number of benzene rings is 1. The lowest BCUT2D eigenvalue weighted by molar-refractivity contribution is -0.142. The molecular weight excluding hydrogens is 315 g/mol. The molecule has 7 heteroatoms. The highest BCUT2D eigenvalue weighted by molar-refractivity contribution is 6.02. The van der Waals surface area contributed by atoms with Crippen molar-refractivity contribution in [1.29, 1.82) is 0 Å². The monoisotopic (exact) mass is 330 g/mol. The molecule has 1 atom stereocenters. The molecule has 0 radical (unpaired) electrons. The number of aromatic nitrogens is 1. The van der Waals surface area contributed by atoms with E-state index in [1.54, 1.807) is 12.1 Å². The predicted molar refractivity (Wildman–Crippen MR) is 83.0 cm³/mol. The molecule has 0 saturated carbocycles. The van der Waals surface area contributed by atoms with Gasteiger partial charge >= 0.3 is 5.97 Å². The average molecular weight is 330 g/mol. The number of amides is 1. The van der Waals surface area contributed by atoms with Crippen molar-refractivity contribution >= 4 is 18.2 Å². The van der Waals surface area contributed by atoms with Gasteiger partial charge in [0, 0.05) is 23.7 Å². The summed E-state index contributed by atoms with van der Waals surface area (Å²) in [5.41, 5.74) is 0.913. The van der Waals surface area contributed by atoms with Crippen LogP contribution in [-0.2, 0) is 16.0 Å². The number of hydrogen-bond donors (Lipinski definition) is 1. The van der Waals surface area contributed by atoms with E-state index in [1.807, 2.05) is 0 Å². The summed E-state index contributed by atoms with van der Waals surface area (Å²) in [6, 6.07) is 7.85. The highest BCUT2D eigenvalue weighted by Crippen LogP contribution is 2.09. The van der Waals surface area contributed by atoms with Crippen molar-refractivity contribution in [1.82, 2.24) is 10.3 Å². The van der Waals surface area contributed by atoms with Gasteiger partial charge in [-0.25, -0.2) is 9.78 Å². The molecule has 24 heavy (non-hydrogen) atoms. The minimum absolute atomic E-state index is 0.0783. The summed E-state index contributed by atoms with van der Waals surface area (Å²) in [4.78, 5) is 38.8. The molecule has 1 aromatic carbocycles. The van der Waals surface area contributed by atoms with Crippen molar-refractivity contribution in [2.45, 2.75) is 12.5 Å². The molecule has 0 aliphatic heterocycles. The Hall–Kier alpha value is -3.09. The maximum atomic E-state index is 12.9. The fourth-order valence-corrected chi connectivity index (χ4v) is 2.14. The van der Waals surface area contributed by atoms with Crippen LogP contribution in [0.3, 0.4) is 0 Å². The summed E-state index contributed by atoms with van der Waals surface area (Å²) in [6.07, 6.45) is 1.91. The normalized spacial score (nSPS) is 11.4. The largest absolute Gasteiger partial charge is 0.467 e. The first kappa shape index (κ1) is 17.3. The highest BCUT2D eigenvalue weighted by atomic mass is 19.1. The third kappa shape index (κ3) is 4.22. The quantitative estimate of drug-likeness (QED) is 0.493. The molecule has 2 rings (SSSR count). The van der Waals surface area contributed by atoms with Crippen LogP contribution >= 0.6 is 0 Å². The second kappa shape index (κ2) is 7.96. The van der Waals surface area contributed by atoms with Gasteiger partial charge in [0.25, 0.3) is 5.91 Å². The number of pyridine rings is 1. The summed E-state index contributed by atoms with van der Waals surface area (Å²) in [5.74, 6) is -1.88. The number of halogens is 1. The fraction of sp³-hybridized carbons (Fsp3) is 0.176. The van der Waals surface area contributed by atoms with Crippen molar-refractivity contribution in [2.75, 3.05) is 7.11 Å². The van der Waals surface area contributed by atoms with Crippen LogP contribution in [0.25, 0.3) is 0 Å². The van der Waals surface area contributed by atoms with Crippen molar-refractivity contribution in [3.05, 3.63) is 65.2 Å². The van der Waals surface area contributed by atoms with Gasteiger partial charge in [-0.2, -0.15) is 4.39 Å². The number of carbonyl (C=O) groups is 3. The number of carbonyl (C=O) groups excluding carboxylic acids is 3. The second-order valence-electron chi connectivity index (χ2n) is 4.95. The average Bonchev–Trinajstić information content (AvgIpc) is 2.62. The van der Waals surface area contributed by atoms with Crippen LogP contribution in [0.5, 0.6) is 0 Å². The van der Waals surface area contributed by atoms with Crippen LogP contribution in [0.15, 0.2) is 42.6 Å². The highest BCUT2D eigenvalue weighted by Gasteiger charge is 2.23. The molecule has 0 spiro atoms. The second-order valence-corrected chi connectivity index (χ2v) is 4.95. The van der Waals surface area contributed by atoms with Gasteiger partial charge in [-0.3, -0.25) is 9.59 Å². The zero-order chi connectivity index (χ0) is 17.5. The van der Waals surface area contributed by atoms with Crippen LogP contribution in [0.2, 0.25) is 0 Å². The standard InChI is InChI=1S/C17H15FN2O4/c1-24-17(23)14(8-11-6-7-15(18)19-9-11)20-16(22)13-5-3-2-4-12(13)10-21/h2-7,9-10,14H,8H2,1H3,(H,20,22)/t14-/m0/s1. The smallest absolute Gasteiger partial charge is 0.328 e. The Morgan fingerprint density at radius 1 is 1.29 bits per heavy atom. The Morgan fingerprint density at radius 2 is 2.04 bits per heavy atom. The fourth-order valence-electron chi connectivity index (χ4n) is 2.14. The van der Waals surface area contributed by atoms with E-state index in [-0.39, 0.29) is 17.5 Å². The van der Waals surface area contributed by atoms with Gasteiger partial charge in [0.05, 0.1) is 7.11 Å². The summed E-state index contributed by atoms with van der Waals surface area (Å²) < 4.78 is 17.5. The van der Waals surface area contributed by atoms with Crippen molar-refractivity contribution in [3.8, 4) is 0 Å². The maximum Gasteiger partial charge on any atom is 0.328 e. The molecule has 0 aliphatic rings. The molecule has 0 saturated heterocycles. The Morgan fingerprint density at radius 3 is 2.67 bits per heavy atom. The third-order valence-electron chi connectivity index (χ3n) is 3.35. The zero-order valence-corrected chi connectivity index (χ0v) is 12.9. The van der Waals surface area contributed by atoms with Crippen molar-refractivity contribution in [3.63, 3.8) is 0 Å². The van der Waals surface area contributed by atoms with Gasteiger partial charge in [0.2, 0.25) is 5.95 Å². The van der Waals surface area contributed by atoms with Gasteiger partial charge in [0.1, 0.15) is 6.04 Å². The summed E-state index contributed by atoms with van der Waals surface area (Å²) >= 11 is 0. The first-order valence-electron chi connectivity index (χ1n) is 7.08. The molecule has 6 nitrogen and oxygen atoms in total. The summed E-state index contributed by atoms with van der Waals surface area (Å²) in [7, 11) is 1.20. The summed E-state index contributed by atoms with van der Waals surface area (Å²) in [6.45, 7) is 0. The number of methoxy groups -OCH3 is 1. The van der Waals surface area contributed by atoms with Crippen molar-refractivity contribution < 1.29 is 23.5 Å². The first-order valence-corrected chi connectivity index (χ1v) is 7.08. The van der Waals surface area contributed by atoms with Gasteiger partial charge in [-0.05, 0) is 17.7 Å². The molecule has 0 aliphatic carbocycles. The van der Waals surface area contributed by atoms with E-state index in [4.69, 9.17) is 0 Å². The van der Waals surface area contributed by atoms with Crippen LogP contribution in [-0.4, -0.2) is 36.3 Å². The van der Waals surface area contributed by atoms with Crippen LogP contribution < -0.4 is 5.32 Å². The van der Waals surface area contributed by atoms with Gasteiger partial charge in [-0.15, -0.1) is 0 Å².